The van der Waals surface area contributed by atoms with Crippen LogP contribution in [0.2, 0.25) is 0 Å². The minimum absolute atomic E-state index is 0.107. The zero-order valence-corrected chi connectivity index (χ0v) is 21.0. The molecule has 8 nitrogen and oxygen atoms in total. The number of methoxy groups -OCH3 is 1. The molecule has 0 spiro atoms. The first-order chi connectivity index (χ1) is 18.1. The molecule has 0 aliphatic carbocycles. The Morgan fingerprint density at radius 3 is 2.54 bits per heavy atom. The molecule has 1 aliphatic heterocycles. The van der Waals surface area contributed by atoms with Crippen LogP contribution >= 0.6 is 0 Å². The molecule has 2 amide bonds. The lowest BCUT2D eigenvalue weighted by Gasteiger charge is -2.23. The second-order valence-corrected chi connectivity index (χ2v) is 9.07. The molecule has 1 aromatic heterocycles. The molecule has 2 heterocycles. The SMILES string of the molecule is CCn1c2ccccc2c2cc(NC(=O)C3CC(=NOCc4ccccc4)CN3C(=O)COC)ccc21. The number of fused-ring (bicyclic) bond motifs is 3. The molecule has 1 aliphatic rings. The number of aromatic nitrogens is 1. The van der Waals surface area contributed by atoms with Gasteiger partial charge in [0.2, 0.25) is 11.8 Å². The summed E-state index contributed by atoms with van der Waals surface area (Å²) in [5, 5.41) is 9.47. The topological polar surface area (TPSA) is 85.2 Å². The van der Waals surface area contributed by atoms with Crippen molar-refractivity contribution in [2.45, 2.75) is 32.5 Å². The smallest absolute Gasteiger partial charge is 0.249 e. The number of amides is 2. The Labute approximate surface area is 215 Å². The number of likely N-dealkylation sites (tertiary alicyclic amines) is 1. The number of benzene rings is 3. The van der Waals surface area contributed by atoms with Crippen LogP contribution in [0.5, 0.6) is 0 Å². The normalized spacial score (nSPS) is 16.5. The number of carbonyl (C=O) groups is 2. The van der Waals surface area contributed by atoms with Crippen molar-refractivity contribution in [3.05, 3.63) is 78.4 Å². The van der Waals surface area contributed by atoms with Crippen LogP contribution in [0.1, 0.15) is 18.9 Å². The molecule has 4 aromatic rings. The van der Waals surface area contributed by atoms with Crippen LogP contribution in [0.25, 0.3) is 21.8 Å². The highest BCUT2D eigenvalue weighted by Gasteiger charge is 2.38. The fourth-order valence-electron chi connectivity index (χ4n) is 4.94. The third-order valence-corrected chi connectivity index (χ3v) is 6.67. The predicted molar refractivity (Wildman–Crippen MR) is 144 cm³/mol. The fourth-order valence-corrected chi connectivity index (χ4v) is 4.94. The molecule has 3 aromatic carbocycles. The molecule has 0 saturated carbocycles. The first kappa shape index (κ1) is 24.5. The number of anilines is 1. The molecule has 5 rings (SSSR count). The Morgan fingerprint density at radius 1 is 1.00 bits per heavy atom. The van der Waals surface area contributed by atoms with E-state index < -0.39 is 6.04 Å². The second-order valence-electron chi connectivity index (χ2n) is 9.07. The van der Waals surface area contributed by atoms with Crippen LogP contribution in [0.15, 0.2) is 78.0 Å². The molecule has 1 fully saturated rings. The summed E-state index contributed by atoms with van der Waals surface area (Å²) in [6, 6.07) is 23.2. The van der Waals surface area contributed by atoms with Crippen LogP contribution < -0.4 is 5.32 Å². The summed E-state index contributed by atoms with van der Waals surface area (Å²) in [4.78, 5) is 33.2. The average molecular weight is 499 g/mol. The van der Waals surface area contributed by atoms with Gasteiger partial charge in [0.15, 0.2) is 0 Å². The number of ether oxygens (including phenoxy) is 1. The van der Waals surface area contributed by atoms with Crippen molar-refractivity contribution in [1.82, 2.24) is 9.47 Å². The van der Waals surface area contributed by atoms with E-state index in [-0.39, 0.29) is 25.0 Å². The number of hydrogen-bond donors (Lipinski definition) is 1. The summed E-state index contributed by atoms with van der Waals surface area (Å²) in [6.45, 7) is 3.40. The Bertz CT molecular complexity index is 1460. The molecule has 1 atom stereocenters. The number of rotatable bonds is 8. The Kier molecular flexibility index (Phi) is 7.18. The highest BCUT2D eigenvalue weighted by atomic mass is 16.6. The monoisotopic (exact) mass is 498 g/mol. The van der Waals surface area contributed by atoms with Gasteiger partial charge in [-0.1, -0.05) is 53.7 Å². The Morgan fingerprint density at radius 2 is 1.76 bits per heavy atom. The van der Waals surface area contributed by atoms with E-state index in [0.29, 0.717) is 24.4 Å². The van der Waals surface area contributed by atoms with E-state index in [1.54, 1.807) is 0 Å². The molecule has 0 radical (unpaired) electrons. The van der Waals surface area contributed by atoms with E-state index in [2.05, 4.69) is 34.1 Å². The van der Waals surface area contributed by atoms with Gasteiger partial charge < -0.3 is 24.4 Å². The predicted octanol–water partition coefficient (Wildman–Crippen LogP) is 4.57. The summed E-state index contributed by atoms with van der Waals surface area (Å²) in [6.07, 6.45) is 0.299. The van der Waals surface area contributed by atoms with Crippen molar-refractivity contribution >= 4 is 45.0 Å². The van der Waals surface area contributed by atoms with Crippen LogP contribution in [0.4, 0.5) is 5.69 Å². The third kappa shape index (κ3) is 5.06. The molecular weight excluding hydrogens is 468 g/mol. The lowest BCUT2D eigenvalue weighted by Crippen LogP contribution is -2.44. The first-order valence-corrected chi connectivity index (χ1v) is 12.4. The third-order valence-electron chi connectivity index (χ3n) is 6.67. The number of nitrogens with one attached hydrogen (secondary N) is 1. The number of carbonyl (C=O) groups excluding carboxylic acids is 2. The van der Waals surface area contributed by atoms with E-state index in [1.807, 2.05) is 60.7 Å². The summed E-state index contributed by atoms with van der Waals surface area (Å²) in [7, 11) is 1.46. The van der Waals surface area contributed by atoms with E-state index in [1.165, 1.54) is 12.0 Å². The number of nitrogens with zero attached hydrogens (tertiary/aromatic N) is 3. The van der Waals surface area contributed by atoms with Gasteiger partial charge in [-0.3, -0.25) is 9.59 Å². The molecule has 0 bridgehead atoms. The van der Waals surface area contributed by atoms with Crippen molar-refractivity contribution in [2.75, 3.05) is 25.6 Å². The lowest BCUT2D eigenvalue weighted by atomic mass is 10.1. The highest BCUT2D eigenvalue weighted by Crippen LogP contribution is 2.31. The molecule has 8 heteroatoms. The molecule has 37 heavy (non-hydrogen) atoms. The van der Waals surface area contributed by atoms with E-state index in [9.17, 15) is 9.59 Å². The second kappa shape index (κ2) is 10.8. The largest absolute Gasteiger partial charge is 0.391 e. The van der Waals surface area contributed by atoms with Crippen molar-refractivity contribution < 1.29 is 19.2 Å². The minimum atomic E-state index is -0.700. The lowest BCUT2D eigenvalue weighted by molar-refractivity contribution is -0.139. The van der Waals surface area contributed by atoms with Gasteiger partial charge >= 0.3 is 0 Å². The quantitative estimate of drug-likeness (QED) is 0.361. The van der Waals surface area contributed by atoms with E-state index in [0.717, 1.165) is 33.9 Å². The maximum atomic E-state index is 13.4. The van der Waals surface area contributed by atoms with Gasteiger partial charge in [-0.25, -0.2) is 0 Å². The first-order valence-electron chi connectivity index (χ1n) is 12.4. The van der Waals surface area contributed by atoms with Crippen LogP contribution in [-0.4, -0.2) is 53.3 Å². The Balaban J connectivity index is 1.35. The maximum absolute atomic E-state index is 13.4. The fraction of sp³-hybridized carbons (Fsp3) is 0.276. The highest BCUT2D eigenvalue weighted by molar-refractivity contribution is 6.11. The van der Waals surface area contributed by atoms with Gasteiger partial charge in [0, 0.05) is 47.6 Å². The van der Waals surface area contributed by atoms with Gasteiger partial charge in [0.1, 0.15) is 19.3 Å². The summed E-state index contributed by atoms with van der Waals surface area (Å²) >= 11 is 0. The van der Waals surface area contributed by atoms with Crippen molar-refractivity contribution in [2.24, 2.45) is 5.16 Å². The molecule has 190 valence electrons. The van der Waals surface area contributed by atoms with E-state index in [4.69, 9.17) is 9.57 Å². The number of hydrogen-bond acceptors (Lipinski definition) is 5. The maximum Gasteiger partial charge on any atom is 0.249 e. The number of aryl methyl sites for hydroxylation is 1. The van der Waals surface area contributed by atoms with Gasteiger partial charge in [0.25, 0.3) is 0 Å². The van der Waals surface area contributed by atoms with Gasteiger partial charge in [-0.2, -0.15) is 0 Å². The van der Waals surface area contributed by atoms with E-state index >= 15 is 0 Å². The number of para-hydroxylation sites is 1. The minimum Gasteiger partial charge on any atom is -0.391 e. The van der Waals surface area contributed by atoms with Crippen molar-refractivity contribution in [3.8, 4) is 0 Å². The van der Waals surface area contributed by atoms with Gasteiger partial charge in [0.05, 0.1) is 12.3 Å². The summed E-state index contributed by atoms with van der Waals surface area (Å²) < 4.78 is 7.30. The molecule has 1 saturated heterocycles. The van der Waals surface area contributed by atoms with Crippen LogP contribution in [0.3, 0.4) is 0 Å². The standard InChI is InChI=1S/C29H30N4O4/c1-3-32-25-12-8-7-11-23(25)24-15-21(13-14-26(24)32)30-29(35)27-16-22(17-33(27)28(34)19-36-2)31-37-18-20-9-5-4-6-10-20/h4-15,27H,3,16-19H2,1-2H3,(H,30,35). The molecular formula is C29H30N4O4. The summed E-state index contributed by atoms with van der Waals surface area (Å²) in [5.74, 6) is -0.534. The number of oxime groups is 1. The average Bonchev–Trinajstić information content (AvgIpc) is 3.49. The summed E-state index contributed by atoms with van der Waals surface area (Å²) in [5.41, 5.74) is 4.59. The van der Waals surface area contributed by atoms with Gasteiger partial charge in [-0.15, -0.1) is 0 Å². The Hall–Kier alpha value is -4.17. The zero-order chi connectivity index (χ0) is 25.8. The van der Waals surface area contributed by atoms with Crippen LogP contribution in [0, 0.1) is 0 Å². The molecule has 1 unspecified atom stereocenters. The van der Waals surface area contributed by atoms with Gasteiger partial charge in [-0.05, 0) is 36.8 Å². The van der Waals surface area contributed by atoms with Crippen molar-refractivity contribution in [1.29, 1.82) is 0 Å². The van der Waals surface area contributed by atoms with Crippen molar-refractivity contribution in [3.63, 3.8) is 0 Å². The zero-order valence-electron chi connectivity index (χ0n) is 21.0. The van der Waals surface area contributed by atoms with Crippen LogP contribution in [-0.2, 0) is 32.3 Å². The molecule has 1 N–H and O–H groups in total.